The highest BCUT2D eigenvalue weighted by molar-refractivity contribution is 5.86. The lowest BCUT2D eigenvalue weighted by molar-refractivity contribution is 0.490. The van der Waals surface area contributed by atoms with Gasteiger partial charge in [0.15, 0.2) is 0 Å². The largest absolute Gasteiger partial charge is 0.342 e. The number of guanidine groups is 1. The molecule has 0 amide bonds. The van der Waals surface area contributed by atoms with Crippen molar-refractivity contribution < 1.29 is 0 Å². The number of hydrogen-bond donors (Lipinski definition) is 1. The fourth-order valence-electron chi connectivity index (χ4n) is 2.25. The van der Waals surface area contributed by atoms with Crippen molar-refractivity contribution >= 4 is 12.2 Å². The molecule has 0 radical (unpaired) electrons. The van der Waals surface area contributed by atoms with Gasteiger partial charge in [-0.1, -0.05) is 30.3 Å². The summed E-state index contributed by atoms with van der Waals surface area (Å²) >= 11 is 0. The molecule has 0 saturated carbocycles. The second kappa shape index (κ2) is 4.57. The zero-order valence-corrected chi connectivity index (χ0v) is 9.71. The molecule has 1 unspecified atom stereocenters. The molecule has 0 spiro atoms. The van der Waals surface area contributed by atoms with Crippen LogP contribution in [-0.2, 0) is 0 Å². The average molecular weight is 228 g/mol. The zero-order chi connectivity index (χ0) is 11.5. The summed E-state index contributed by atoms with van der Waals surface area (Å²) in [6.07, 6.45) is 4.36. The number of hydrazone groups is 1. The summed E-state index contributed by atoms with van der Waals surface area (Å²) in [6.45, 7) is 2.17. The van der Waals surface area contributed by atoms with Gasteiger partial charge in [0, 0.05) is 13.1 Å². The lowest BCUT2D eigenvalue weighted by atomic mass is 10.1. The molecular weight excluding hydrogens is 212 g/mol. The molecule has 1 N–H and O–H groups in total. The minimum Gasteiger partial charge on any atom is -0.342 e. The molecular formula is C13H16N4. The fourth-order valence-corrected chi connectivity index (χ4v) is 2.25. The van der Waals surface area contributed by atoms with Crippen LogP contribution in [0.3, 0.4) is 0 Å². The molecule has 2 heterocycles. The van der Waals surface area contributed by atoms with E-state index in [4.69, 9.17) is 4.99 Å². The van der Waals surface area contributed by atoms with Crippen molar-refractivity contribution in [1.82, 2.24) is 10.3 Å². The normalized spacial score (nSPS) is 23.4. The van der Waals surface area contributed by atoms with E-state index >= 15 is 0 Å². The van der Waals surface area contributed by atoms with Gasteiger partial charge in [0.2, 0.25) is 5.96 Å². The van der Waals surface area contributed by atoms with Crippen LogP contribution in [0.5, 0.6) is 0 Å². The molecule has 0 bridgehead atoms. The Morgan fingerprint density at radius 2 is 1.88 bits per heavy atom. The van der Waals surface area contributed by atoms with Crippen molar-refractivity contribution in [3.05, 3.63) is 35.9 Å². The number of hydrogen-bond acceptors (Lipinski definition) is 4. The zero-order valence-electron chi connectivity index (χ0n) is 9.71. The molecule has 17 heavy (non-hydrogen) atoms. The number of nitrogens with one attached hydrogen (secondary N) is 1. The predicted molar refractivity (Wildman–Crippen MR) is 69.1 cm³/mol. The summed E-state index contributed by atoms with van der Waals surface area (Å²) < 4.78 is 0. The molecule has 1 aromatic rings. The highest BCUT2D eigenvalue weighted by Crippen LogP contribution is 2.18. The second-order valence-electron chi connectivity index (χ2n) is 4.39. The third-order valence-corrected chi connectivity index (χ3v) is 3.19. The maximum Gasteiger partial charge on any atom is 0.215 e. The Hall–Kier alpha value is -1.84. The summed E-state index contributed by atoms with van der Waals surface area (Å²) in [4.78, 5) is 6.99. The van der Waals surface area contributed by atoms with Gasteiger partial charge in [0.05, 0.1) is 6.21 Å². The quantitative estimate of drug-likeness (QED) is 0.795. The van der Waals surface area contributed by atoms with Crippen LogP contribution in [0.1, 0.15) is 24.4 Å². The number of likely N-dealkylation sites (tertiary alicyclic amines) is 1. The van der Waals surface area contributed by atoms with Gasteiger partial charge >= 0.3 is 0 Å². The first-order valence-electron chi connectivity index (χ1n) is 6.10. The van der Waals surface area contributed by atoms with Crippen LogP contribution >= 0.6 is 0 Å². The second-order valence-corrected chi connectivity index (χ2v) is 4.39. The van der Waals surface area contributed by atoms with Crippen LogP contribution < -0.4 is 5.43 Å². The first-order valence-corrected chi connectivity index (χ1v) is 6.10. The van der Waals surface area contributed by atoms with Gasteiger partial charge < -0.3 is 4.90 Å². The Morgan fingerprint density at radius 1 is 1.12 bits per heavy atom. The fraction of sp³-hybridized carbons (Fsp3) is 0.385. The van der Waals surface area contributed by atoms with Gasteiger partial charge in [-0.05, 0) is 18.4 Å². The lowest BCUT2D eigenvalue weighted by Gasteiger charge is -2.23. The van der Waals surface area contributed by atoms with Gasteiger partial charge in [-0.2, -0.15) is 5.10 Å². The maximum absolute atomic E-state index is 4.72. The molecule has 4 heteroatoms. The third-order valence-electron chi connectivity index (χ3n) is 3.19. The smallest absolute Gasteiger partial charge is 0.215 e. The van der Waals surface area contributed by atoms with E-state index in [9.17, 15) is 0 Å². The van der Waals surface area contributed by atoms with Crippen molar-refractivity contribution in [2.45, 2.75) is 18.9 Å². The number of aliphatic imine (C=N–C) groups is 1. The minimum atomic E-state index is 0.0491. The summed E-state index contributed by atoms with van der Waals surface area (Å²) in [5.74, 6) is 0.916. The van der Waals surface area contributed by atoms with E-state index in [-0.39, 0.29) is 6.04 Å². The molecule has 2 aliphatic heterocycles. The molecule has 1 aromatic carbocycles. The standard InChI is InChI=1S/C13H16N4/c1-2-6-11(7-3-1)12-10-14-16-13(15-12)17-8-4-5-9-17/h1-3,6-7,10,12H,4-5,8-9H2,(H,15,16). The summed E-state index contributed by atoms with van der Waals surface area (Å²) in [5, 5.41) is 4.21. The van der Waals surface area contributed by atoms with Crippen molar-refractivity contribution in [3.63, 3.8) is 0 Å². The van der Waals surface area contributed by atoms with Gasteiger partial charge in [0.1, 0.15) is 6.04 Å². The molecule has 3 rings (SSSR count). The van der Waals surface area contributed by atoms with E-state index in [1.807, 2.05) is 24.4 Å². The highest BCUT2D eigenvalue weighted by Gasteiger charge is 2.20. The average Bonchev–Trinajstić information content (AvgIpc) is 2.94. The molecule has 88 valence electrons. The van der Waals surface area contributed by atoms with Crippen LogP contribution in [0.2, 0.25) is 0 Å². The number of benzene rings is 1. The third kappa shape index (κ3) is 2.16. The molecule has 1 fully saturated rings. The predicted octanol–water partition coefficient (Wildman–Crippen LogP) is 1.77. The van der Waals surface area contributed by atoms with E-state index in [1.54, 1.807) is 0 Å². The van der Waals surface area contributed by atoms with E-state index in [2.05, 4.69) is 27.6 Å². The Morgan fingerprint density at radius 3 is 2.65 bits per heavy atom. The van der Waals surface area contributed by atoms with Gasteiger partial charge in [-0.15, -0.1) is 0 Å². The van der Waals surface area contributed by atoms with Crippen LogP contribution in [0, 0.1) is 0 Å². The topological polar surface area (TPSA) is 40.0 Å². The monoisotopic (exact) mass is 228 g/mol. The first kappa shape index (κ1) is 10.3. The molecule has 0 aliphatic carbocycles. The number of nitrogens with zero attached hydrogens (tertiary/aromatic N) is 3. The van der Waals surface area contributed by atoms with E-state index in [0.717, 1.165) is 19.0 Å². The van der Waals surface area contributed by atoms with E-state index < -0.39 is 0 Å². The Balaban J connectivity index is 1.81. The van der Waals surface area contributed by atoms with E-state index in [0.29, 0.717) is 0 Å². The summed E-state index contributed by atoms with van der Waals surface area (Å²) in [5.41, 5.74) is 4.20. The van der Waals surface area contributed by atoms with Crippen LogP contribution in [0.4, 0.5) is 0 Å². The Bertz CT molecular complexity index is 432. The minimum absolute atomic E-state index is 0.0491. The Kier molecular flexibility index (Phi) is 2.78. The van der Waals surface area contributed by atoms with Crippen LogP contribution in [0.15, 0.2) is 40.4 Å². The molecule has 2 aliphatic rings. The molecule has 1 saturated heterocycles. The van der Waals surface area contributed by atoms with Crippen LogP contribution in [-0.4, -0.2) is 30.2 Å². The summed E-state index contributed by atoms with van der Waals surface area (Å²) in [7, 11) is 0. The van der Waals surface area contributed by atoms with Gasteiger partial charge in [-0.25, -0.2) is 10.4 Å². The molecule has 0 aromatic heterocycles. The SMILES string of the molecule is C1=NNC(N2CCCC2)=NC1c1ccccc1. The van der Waals surface area contributed by atoms with Gasteiger partial charge in [0.25, 0.3) is 0 Å². The van der Waals surface area contributed by atoms with Crippen molar-refractivity contribution in [2.75, 3.05) is 13.1 Å². The first-order chi connectivity index (χ1) is 8.43. The Labute approximate surface area is 101 Å². The molecule has 4 nitrogen and oxygen atoms in total. The van der Waals surface area contributed by atoms with Gasteiger partial charge in [-0.3, -0.25) is 0 Å². The van der Waals surface area contributed by atoms with Crippen molar-refractivity contribution in [1.29, 1.82) is 0 Å². The number of rotatable bonds is 1. The maximum atomic E-state index is 4.72. The van der Waals surface area contributed by atoms with E-state index in [1.165, 1.54) is 18.4 Å². The lowest BCUT2D eigenvalue weighted by Crippen LogP contribution is -2.39. The summed E-state index contributed by atoms with van der Waals surface area (Å²) in [6, 6.07) is 10.3. The van der Waals surface area contributed by atoms with Crippen molar-refractivity contribution in [3.8, 4) is 0 Å². The highest BCUT2D eigenvalue weighted by atomic mass is 15.4. The van der Waals surface area contributed by atoms with Crippen molar-refractivity contribution in [2.24, 2.45) is 10.1 Å². The van der Waals surface area contributed by atoms with Crippen LogP contribution in [0.25, 0.3) is 0 Å². The molecule has 1 atom stereocenters.